The van der Waals surface area contributed by atoms with E-state index < -0.39 is 29.6 Å². The van der Waals surface area contributed by atoms with E-state index in [-0.39, 0.29) is 40.2 Å². The summed E-state index contributed by atoms with van der Waals surface area (Å²) in [5.41, 5.74) is -0.937. The zero-order valence-electron chi connectivity index (χ0n) is 18.6. The van der Waals surface area contributed by atoms with Crippen molar-refractivity contribution in [1.82, 2.24) is 0 Å². The van der Waals surface area contributed by atoms with Crippen LogP contribution in [0, 0.1) is 17.3 Å². The molecule has 1 aliphatic heterocycles. The van der Waals surface area contributed by atoms with E-state index in [0.29, 0.717) is 32.5 Å². The molecule has 3 rings (SSSR count). The lowest BCUT2D eigenvalue weighted by molar-refractivity contribution is -0.334. The molecule has 1 heterocycles. The highest BCUT2D eigenvalue weighted by Crippen LogP contribution is 2.50. The number of ether oxygens (including phenoxy) is 5. The van der Waals surface area contributed by atoms with E-state index in [2.05, 4.69) is 0 Å². The smallest absolute Gasteiger partial charge is 0.342 e. The fourth-order valence-electron chi connectivity index (χ4n) is 4.58. The number of allylic oxidation sites excluding steroid dienone is 1. The molecule has 2 aliphatic carbocycles. The maximum absolute atomic E-state index is 12.7. The Morgan fingerprint density at radius 3 is 2.03 bits per heavy atom. The lowest BCUT2D eigenvalue weighted by atomic mass is 9.69. The molecule has 2 unspecified atom stereocenters. The van der Waals surface area contributed by atoms with Gasteiger partial charge in [0.05, 0.1) is 45.7 Å². The van der Waals surface area contributed by atoms with Gasteiger partial charge in [-0.25, -0.2) is 14.4 Å². The molecular formula is C22H30O9. The van der Waals surface area contributed by atoms with Gasteiger partial charge in [-0.15, -0.1) is 0 Å². The Kier molecular flexibility index (Phi) is 6.48. The molecule has 0 aromatic heterocycles. The fourth-order valence-corrected chi connectivity index (χ4v) is 4.58. The minimum absolute atomic E-state index is 0.0574. The van der Waals surface area contributed by atoms with E-state index in [0.717, 1.165) is 14.2 Å². The van der Waals surface area contributed by atoms with Crippen LogP contribution in [-0.2, 0) is 38.1 Å². The van der Waals surface area contributed by atoms with Gasteiger partial charge in [0.15, 0.2) is 5.79 Å². The molecule has 0 aromatic rings. The SMILES string of the molecule is COC(=O)/C1=C(C(=O)OC)/C(C(=O)OC)=C(/O)C2CCC3(OCC(C)(C)CO3)C(C1)C2. The molecule has 0 radical (unpaired) electrons. The normalized spacial score (nSPS) is 31.9. The summed E-state index contributed by atoms with van der Waals surface area (Å²) in [6.45, 7) is 5.03. The maximum Gasteiger partial charge on any atom is 0.342 e. The first-order chi connectivity index (χ1) is 14.6. The first-order valence-corrected chi connectivity index (χ1v) is 10.3. The van der Waals surface area contributed by atoms with Gasteiger partial charge in [-0.1, -0.05) is 13.8 Å². The Hall–Kier alpha value is -2.39. The van der Waals surface area contributed by atoms with Crippen LogP contribution >= 0.6 is 0 Å². The van der Waals surface area contributed by atoms with Crippen molar-refractivity contribution in [3.05, 3.63) is 22.5 Å². The Bertz CT molecular complexity index is 826. The van der Waals surface area contributed by atoms with Crippen molar-refractivity contribution >= 4 is 17.9 Å². The minimum atomic E-state index is -0.949. The van der Waals surface area contributed by atoms with Crippen LogP contribution in [0.2, 0.25) is 0 Å². The average molecular weight is 438 g/mol. The van der Waals surface area contributed by atoms with Gasteiger partial charge in [0.25, 0.3) is 0 Å². The topological polar surface area (TPSA) is 118 Å². The summed E-state index contributed by atoms with van der Waals surface area (Å²) in [7, 11) is 3.45. The van der Waals surface area contributed by atoms with Crippen LogP contribution < -0.4 is 0 Å². The molecule has 2 bridgehead atoms. The van der Waals surface area contributed by atoms with E-state index in [9.17, 15) is 19.5 Å². The van der Waals surface area contributed by atoms with E-state index in [1.165, 1.54) is 7.11 Å². The lowest BCUT2D eigenvalue weighted by Crippen LogP contribution is -2.55. The van der Waals surface area contributed by atoms with Gasteiger partial charge in [0.2, 0.25) is 0 Å². The number of hydrogen-bond donors (Lipinski definition) is 1. The number of carbonyl (C=O) groups is 3. The molecule has 9 heteroatoms. The molecule has 31 heavy (non-hydrogen) atoms. The molecule has 1 saturated heterocycles. The van der Waals surface area contributed by atoms with Crippen LogP contribution in [0.15, 0.2) is 22.5 Å². The zero-order chi connectivity index (χ0) is 23.0. The van der Waals surface area contributed by atoms with E-state index in [1.807, 2.05) is 13.8 Å². The number of fused-ring (bicyclic) bond motifs is 3. The lowest BCUT2D eigenvalue weighted by Gasteiger charge is -2.51. The predicted octanol–water partition coefficient (Wildman–Crippen LogP) is 2.20. The number of aliphatic hydroxyl groups excluding tert-OH is 1. The van der Waals surface area contributed by atoms with Crippen LogP contribution in [-0.4, -0.2) is 63.3 Å². The molecule has 172 valence electrons. The Labute approximate surface area is 181 Å². The van der Waals surface area contributed by atoms with Gasteiger partial charge >= 0.3 is 17.9 Å². The summed E-state index contributed by atoms with van der Waals surface area (Å²) in [4.78, 5) is 38.0. The highest BCUT2D eigenvalue weighted by atomic mass is 16.7. The first-order valence-electron chi connectivity index (χ1n) is 10.3. The average Bonchev–Trinajstić information content (AvgIpc) is 2.76. The molecule has 0 amide bonds. The summed E-state index contributed by atoms with van der Waals surface area (Å²) >= 11 is 0. The van der Waals surface area contributed by atoms with Gasteiger partial charge in [0.1, 0.15) is 11.3 Å². The highest BCUT2D eigenvalue weighted by Gasteiger charge is 2.53. The number of aliphatic hydroxyl groups is 1. The van der Waals surface area contributed by atoms with Crippen molar-refractivity contribution in [1.29, 1.82) is 0 Å². The summed E-state index contributed by atoms with van der Waals surface area (Å²) in [5, 5.41) is 11.0. The van der Waals surface area contributed by atoms with Crippen LogP contribution in [0.1, 0.15) is 39.5 Å². The molecular weight excluding hydrogens is 408 g/mol. The van der Waals surface area contributed by atoms with Crippen LogP contribution in [0.4, 0.5) is 0 Å². The second kappa shape index (κ2) is 8.63. The third-order valence-electron chi connectivity index (χ3n) is 6.30. The van der Waals surface area contributed by atoms with Crippen molar-refractivity contribution < 1.29 is 43.2 Å². The van der Waals surface area contributed by atoms with Crippen LogP contribution in [0.3, 0.4) is 0 Å². The second-order valence-corrected chi connectivity index (χ2v) is 9.01. The standard InChI is InChI=1S/C22H30O9/c1-21(2)10-30-22(31-11-21)7-6-12-8-13(22)9-14(18(24)27-3)15(19(25)28-4)16(17(12)23)20(26)29-5/h12-13,23H,6-11H2,1-5H3/b15-14-,17-16-. The molecule has 1 N–H and O–H groups in total. The first kappa shape index (κ1) is 23.3. The van der Waals surface area contributed by atoms with E-state index >= 15 is 0 Å². The number of rotatable bonds is 3. The Morgan fingerprint density at radius 1 is 0.935 bits per heavy atom. The van der Waals surface area contributed by atoms with E-state index in [4.69, 9.17) is 23.7 Å². The maximum atomic E-state index is 12.7. The van der Waals surface area contributed by atoms with E-state index in [1.54, 1.807) is 0 Å². The molecule has 1 spiro atoms. The van der Waals surface area contributed by atoms with Crippen molar-refractivity contribution in [3.8, 4) is 0 Å². The molecule has 9 nitrogen and oxygen atoms in total. The number of methoxy groups -OCH3 is 3. The molecule has 2 fully saturated rings. The predicted molar refractivity (Wildman–Crippen MR) is 107 cm³/mol. The third kappa shape index (κ3) is 4.21. The van der Waals surface area contributed by atoms with Crippen molar-refractivity contribution in [3.63, 3.8) is 0 Å². The van der Waals surface area contributed by atoms with Gasteiger partial charge in [-0.05, 0) is 19.3 Å². The summed E-state index contributed by atoms with van der Waals surface area (Å²) in [6, 6.07) is 0. The van der Waals surface area contributed by atoms with Gasteiger partial charge in [0, 0.05) is 23.7 Å². The van der Waals surface area contributed by atoms with Gasteiger partial charge in [-0.3, -0.25) is 0 Å². The minimum Gasteiger partial charge on any atom is -0.511 e. The summed E-state index contributed by atoms with van der Waals surface area (Å²) < 4.78 is 27.0. The monoisotopic (exact) mass is 438 g/mol. The Balaban J connectivity index is 2.17. The summed E-state index contributed by atoms with van der Waals surface area (Å²) in [5.74, 6) is -4.69. The van der Waals surface area contributed by atoms with Crippen LogP contribution in [0.5, 0.6) is 0 Å². The molecule has 3 aliphatic rings. The molecule has 1 saturated carbocycles. The molecule has 0 aromatic carbocycles. The second-order valence-electron chi connectivity index (χ2n) is 9.01. The Morgan fingerprint density at radius 2 is 1.48 bits per heavy atom. The largest absolute Gasteiger partial charge is 0.511 e. The van der Waals surface area contributed by atoms with Crippen molar-refractivity contribution in [2.45, 2.75) is 45.3 Å². The number of hydrogen-bond acceptors (Lipinski definition) is 9. The number of carbonyl (C=O) groups excluding carboxylic acids is 3. The summed E-state index contributed by atoms with van der Waals surface area (Å²) in [6.07, 6.45) is 1.41. The number of esters is 3. The van der Waals surface area contributed by atoms with Crippen molar-refractivity contribution in [2.24, 2.45) is 17.3 Å². The third-order valence-corrected chi connectivity index (χ3v) is 6.30. The van der Waals surface area contributed by atoms with Crippen LogP contribution in [0.25, 0.3) is 0 Å². The van der Waals surface area contributed by atoms with Gasteiger partial charge in [-0.2, -0.15) is 0 Å². The quantitative estimate of drug-likeness (QED) is 0.522. The molecule has 2 atom stereocenters. The van der Waals surface area contributed by atoms with Crippen molar-refractivity contribution in [2.75, 3.05) is 34.5 Å². The van der Waals surface area contributed by atoms with Gasteiger partial charge < -0.3 is 28.8 Å². The fraction of sp³-hybridized carbons (Fsp3) is 0.682. The zero-order valence-corrected chi connectivity index (χ0v) is 18.6. The highest BCUT2D eigenvalue weighted by molar-refractivity contribution is 6.12.